The number of nitrogens with one attached hydrogen (secondary N) is 1. The van der Waals surface area contributed by atoms with E-state index in [-0.39, 0.29) is 0 Å². The van der Waals surface area contributed by atoms with Crippen LogP contribution in [0, 0.1) is 6.92 Å². The highest BCUT2D eigenvalue weighted by molar-refractivity contribution is 6.30. The van der Waals surface area contributed by atoms with Crippen molar-refractivity contribution in [2.45, 2.75) is 33.6 Å². The van der Waals surface area contributed by atoms with Gasteiger partial charge in [0.05, 0.1) is 0 Å². The zero-order valence-electron chi connectivity index (χ0n) is 10.0. The Balaban J connectivity index is 2.74. The standard InChI is InChI=1S/C12H18ClN3/c1-4-6-7-8-14-12-9(3)11(13)15-10(5-2)16-12/h4,6H,5,7-8H2,1-3H3,(H,14,15,16)/b6-4+. The molecule has 0 bridgehead atoms. The van der Waals surface area contributed by atoms with Crippen molar-refractivity contribution in [3.63, 3.8) is 0 Å². The van der Waals surface area contributed by atoms with Crippen molar-refractivity contribution in [1.82, 2.24) is 9.97 Å². The minimum Gasteiger partial charge on any atom is -0.369 e. The van der Waals surface area contributed by atoms with Crippen molar-refractivity contribution in [2.75, 3.05) is 11.9 Å². The first kappa shape index (κ1) is 13.0. The molecule has 88 valence electrons. The van der Waals surface area contributed by atoms with Crippen LogP contribution in [0.15, 0.2) is 12.2 Å². The second-order valence-electron chi connectivity index (χ2n) is 3.54. The van der Waals surface area contributed by atoms with Gasteiger partial charge < -0.3 is 5.32 Å². The number of aryl methyl sites for hydroxylation is 1. The summed E-state index contributed by atoms with van der Waals surface area (Å²) in [5.41, 5.74) is 0.916. The average molecular weight is 240 g/mol. The molecule has 0 amide bonds. The van der Waals surface area contributed by atoms with Gasteiger partial charge in [-0.15, -0.1) is 0 Å². The second kappa shape index (κ2) is 6.48. The van der Waals surface area contributed by atoms with Gasteiger partial charge in [-0.3, -0.25) is 0 Å². The fourth-order valence-corrected chi connectivity index (χ4v) is 1.49. The van der Waals surface area contributed by atoms with Crippen LogP contribution < -0.4 is 5.32 Å². The molecule has 1 aromatic rings. The number of anilines is 1. The Morgan fingerprint density at radius 1 is 1.38 bits per heavy atom. The van der Waals surface area contributed by atoms with Crippen LogP contribution in [-0.2, 0) is 6.42 Å². The fourth-order valence-electron chi connectivity index (χ4n) is 1.30. The van der Waals surface area contributed by atoms with Gasteiger partial charge >= 0.3 is 0 Å². The van der Waals surface area contributed by atoms with Crippen molar-refractivity contribution in [3.05, 3.63) is 28.7 Å². The molecule has 1 heterocycles. The molecule has 0 atom stereocenters. The molecule has 1 aromatic heterocycles. The minimum atomic E-state index is 0.542. The van der Waals surface area contributed by atoms with Crippen molar-refractivity contribution in [2.24, 2.45) is 0 Å². The first-order chi connectivity index (χ1) is 7.69. The van der Waals surface area contributed by atoms with E-state index in [1.54, 1.807) is 0 Å². The highest BCUT2D eigenvalue weighted by Gasteiger charge is 2.07. The van der Waals surface area contributed by atoms with Gasteiger partial charge in [-0.25, -0.2) is 9.97 Å². The van der Waals surface area contributed by atoms with E-state index in [0.29, 0.717) is 5.15 Å². The molecule has 0 radical (unpaired) electrons. The van der Waals surface area contributed by atoms with Gasteiger partial charge in [-0.1, -0.05) is 30.7 Å². The maximum absolute atomic E-state index is 6.03. The summed E-state index contributed by atoms with van der Waals surface area (Å²) in [5, 5.41) is 3.82. The molecule has 4 heteroatoms. The predicted octanol–water partition coefficient (Wildman–Crippen LogP) is 3.38. The molecule has 0 aliphatic carbocycles. The molecule has 0 aliphatic rings. The Morgan fingerprint density at radius 3 is 2.75 bits per heavy atom. The van der Waals surface area contributed by atoms with Gasteiger partial charge in [-0.05, 0) is 20.3 Å². The highest BCUT2D eigenvalue weighted by Crippen LogP contribution is 2.19. The van der Waals surface area contributed by atoms with Crippen LogP contribution in [0.5, 0.6) is 0 Å². The molecule has 0 saturated heterocycles. The van der Waals surface area contributed by atoms with Crippen LogP contribution in [0.4, 0.5) is 5.82 Å². The van der Waals surface area contributed by atoms with E-state index in [4.69, 9.17) is 11.6 Å². The summed E-state index contributed by atoms with van der Waals surface area (Å²) in [4.78, 5) is 8.62. The molecule has 1 rings (SSSR count). The Kier molecular flexibility index (Phi) is 5.26. The third-order valence-corrected chi connectivity index (χ3v) is 2.66. The van der Waals surface area contributed by atoms with Crippen LogP contribution in [0.3, 0.4) is 0 Å². The van der Waals surface area contributed by atoms with E-state index in [0.717, 1.165) is 36.6 Å². The summed E-state index contributed by atoms with van der Waals surface area (Å²) >= 11 is 6.03. The molecule has 0 unspecified atom stereocenters. The highest BCUT2D eigenvalue weighted by atomic mass is 35.5. The SMILES string of the molecule is C/C=C/CCNc1nc(CC)nc(Cl)c1C. The lowest BCUT2D eigenvalue weighted by molar-refractivity contribution is 0.919. The van der Waals surface area contributed by atoms with Crippen LogP contribution in [0.1, 0.15) is 31.7 Å². The number of halogens is 1. The van der Waals surface area contributed by atoms with Gasteiger partial charge in [0.1, 0.15) is 16.8 Å². The van der Waals surface area contributed by atoms with Gasteiger partial charge in [0.2, 0.25) is 0 Å². The largest absolute Gasteiger partial charge is 0.369 e. The smallest absolute Gasteiger partial charge is 0.137 e. The maximum atomic E-state index is 6.03. The third-order valence-electron chi connectivity index (χ3n) is 2.29. The summed E-state index contributed by atoms with van der Waals surface area (Å²) in [6, 6.07) is 0. The molecular weight excluding hydrogens is 222 g/mol. The lowest BCUT2D eigenvalue weighted by Gasteiger charge is -2.09. The van der Waals surface area contributed by atoms with Crippen LogP contribution >= 0.6 is 11.6 Å². The Bertz CT molecular complexity index is 375. The molecule has 0 saturated carbocycles. The predicted molar refractivity (Wildman–Crippen MR) is 69.1 cm³/mol. The van der Waals surface area contributed by atoms with E-state index in [2.05, 4.69) is 21.4 Å². The maximum Gasteiger partial charge on any atom is 0.137 e. The van der Waals surface area contributed by atoms with E-state index >= 15 is 0 Å². The second-order valence-corrected chi connectivity index (χ2v) is 3.90. The lowest BCUT2D eigenvalue weighted by Crippen LogP contribution is -2.07. The first-order valence-electron chi connectivity index (χ1n) is 5.57. The number of allylic oxidation sites excluding steroid dienone is 1. The zero-order valence-corrected chi connectivity index (χ0v) is 10.8. The molecule has 16 heavy (non-hydrogen) atoms. The Labute approximate surface area is 102 Å². The average Bonchev–Trinajstić information content (AvgIpc) is 2.29. The van der Waals surface area contributed by atoms with Gasteiger partial charge in [0, 0.05) is 18.5 Å². The first-order valence-corrected chi connectivity index (χ1v) is 5.94. The number of rotatable bonds is 5. The molecule has 1 N–H and O–H groups in total. The van der Waals surface area contributed by atoms with E-state index in [9.17, 15) is 0 Å². The summed E-state index contributed by atoms with van der Waals surface area (Å²) in [6.07, 6.45) is 5.94. The quantitative estimate of drug-likeness (QED) is 0.486. The van der Waals surface area contributed by atoms with Crippen molar-refractivity contribution < 1.29 is 0 Å². The Morgan fingerprint density at radius 2 is 2.12 bits per heavy atom. The van der Waals surface area contributed by atoms with Crippen LogP contribution in [-0.4, -0.2) is 16.5 Å². The number of hydrogen-bond acceptors (Lipinski definition) is 3. The van der Waals surface area contributed by atoms with Crippen molar-refractivity contribution in [1.29, 1.82) is 0 Å². The summed E-state index contributed by atoms with van der Waals surface area (Å²) in [7, 11) is 0. The summed E-state index contributed by atoms with van der Waals surface area (Å²) < 4.78 is 0. The molecular formula is C12H18ClN3. The van der Waals surface area contributed by atoms with Crippen molar-refractivity contribution in [3.8, 4) is 0 Å². The van der Waals surface area contributed by atoms with Gasteiger partial charge in [0.15, 0.2) is 0 Å². The summed E-state index contributed by atoms with van der Waals surface area (Å²) in [5.74, 6) is 1.63. The molecule has 0 fully saturated rings. The van der Waals surface area contributed by atoms with Gasteiger partial charge in [0.25, 0.3) is 0 Å². The molecule has 0 aromatic carbocycles. The van der Waals surface area contributed by atoms with E-state index in [1.165, 1.54) is 0 Å². The summed E-state index contributed by atoms with van der Waals surface area (Å²) in [6.45, 7) is 6.83. The number of aromatic nitrogens is 2. The topological polar surface area (TPSA) is 37.8 Å². The third kappa shape index (κ3) is 3.49. The molecule has 3 nitrogen and oxygen atoms in total. The van der Waals surface area contributed by atoms with E-state index in [1.807, 2.05) is 26.8 Å². The number of hydrogen-bond donors (Lipinski definition) is 1. The monoisotopic (exact) mass is 239 g/mol. The van der Waals surface area contributed by atoms with E-state index < -0.39 is 0 Å². The molecule has 0 spiro atoms. The molecule has 0 aliphatic heterocycles. The van der Waals surface area contributed by atoms with Crippen LogP contribution in [0.25, 0.3) is 0 Å². The lowest BCUT2D eigenvalue weighted by atomic mass is 10.3. The minimum absolute atomic E-state index is 0.542. The van der Waals surface area contributed by atoms with Crippen LogP contribution in [0.2, 0.25) is 5.15 Å². The van der Waals surface area contributed by atoms with Crippen molar-refractivity contribution >= 4 is 17.4 Å². The normalized spacial score (nSPS) is 11.0. The number of nitrogens with zero attached hydrogens (tertiary/aromatic N) is 2. The van der Waals surface area contributed by atoms with Gasteiger partial charge in [-0.2, -0.15) is 0 Å². The Hall–Kier alpha value is -1.09. The fraction of sp³-hybridized carbons (Fsp3) is 0.500. The zero-order chi connectivity index (χ0) is 12.0.